The number of nitrogens with zero attached hydrogens (tertiary/aromatic N) is 1. The van der Waals surface area contributed by atoms with E-state index in [2.05, 4.69) is 23.6 Å². The van der Waals surface area contributed by atoms with E-state index in [0.29, 0.717) is 0 Å². The van der Waals surface area contributed by atoms with E-state index >= 15 is 0 Å². The summed E-state index contributed by atoms with van der Waals surface area (Å²) < 4.78 is 3.26. The van der Waals surface area contributed by atoms with Crippen molar-refractivity contribution in [1.29, 1.82) is 0 Å². The van der Waals surface area contributed by atoms with Crippen LogP contribution in [0.3, 0.4) is 0 Å². The van der Waals surface area contributed by atoms with E-state index in [9.17, 15) is 0 Å². The highest BCUT2D eigenvalue weighted by Gasteiger charge is 2.22. The molecular formula is C14H17ClN2S. The van der Waals surface area contributed by atoms with Gasteiger partial charge >= 0.3 is 0 Å². The number of hydrogen-bond acceptors (Lipinski definition) is 2. The Morgan fingerprint density at radius 2 is 2.33 bits per heavy atom. The fraction of sp³-hybridized carbons (Fsp3) is 0.429. The number of thiophene rings is 1. The average Bonchev–Trinajstić information content (AvgIpc) is 2.87. The second-order valence-electron chi connectivity index (χ2n) is 4.98. The molecule has 96 valence electrons. The summed E-state index contributed by atoms with van der Waals surface area (Å²) >= 11 is 7.66. The van der Waals surface area contributed by atoms with Crippen LogP contribution in [0.2, 0.25) is 4.34 Å². The highest BCUT2D eigenvalue weighted by molar-refractivity contribution is 7.16. The van der Waals surface area contributed by atoms with Gasteiger partial charge in [0, 0.05) is 22.3 Å². The molecule has 1 atom stereocenters. The van der Waals surface area contributed by atoms with Crippen molar-refractivity contribution in [2.24, 2.45) is 5.73 Å². The van der Waals surface area contributed by atoms with E-state index in [-0.39, 0.29) is 6.04 Å². The molecule has 0 saturated heterocycles. The van der Waals surface area contributed by atoms with Crippen LogP contribution >= 0.6 is 22.9 Å². The molecule has 1 unspecified atom stereocenters. The Bertz CT molecular complexity index is 570. The van der Waals surface area contributed by atoms with Gasteiger partial charge in [0.15, 0.2) is 0 Å². The molecule has 0 aliphatic heterocycles. The van der Waals surface area contributed by atoms with Crippen LogP contribution in [0.15, 0.2) is 18.2 Å². The van der Waals surface area contributed by atoms with Gasteiger partial charge in [-0.2, -0.15) is 0 Å². The number of aromatic nitrogens is 1. The third-order valence-electron chi connectivity index (χ3n) is 3.72. The van der Waals surface area contributed by atoms with Crippen molar-refractivity contribution in [3.05, 3.63) is 44.4 Å². The zero-order valence-electron chi connectivity index (χ0n) is 10.4. The topological polar surface area (TPSA) is 30.9 Å². The van der Waals surface area contributed by atoms with E-state index in [4.69, 9.17) is 17.3 Å². The first-order valence-electron chi connectivity index (χ1n) is 6.34. The van der Waals surface area contributed by atoms with Crippen LogP contribution in [0.5, 0.6) is 0 Å². The molecule has 4 heteroatoms. The first-order chi connectivity index (χ1) is 8.65. The lowest BCUT2D eigenvalue weighted by Crippen LogP contribution is -2.18. The summed E-state index contributed by atoms with van der Waals surface area (Å²) in [5.41, 5.74) is 10.3. The number of halogens is 1. The fourth-order valence-corrected chi connectivity index (χ4v) is 3.89. The van der Waals surface area contributed by atoms with Crippen LogP contribution in [0.1, 0.15) is 40.7 Å². The van der Waals surface area contributed by atoms with E-state index in [1.165, 1.54) is 28.2 Å². The Kier molecular flexibility index (Phi) is 3.22. The second kappa shape index (κ2) is 4.72. The molecule has 0 fully saturated rings. The molecule has 2 aromatic heterocycles. The number of aryl methyl sites for hydroxylation is 1. The minimum Gasteiger partial charge on any atom is -0.343 e. The maximum absolute atomic E-state index is 6.19. The van der Waals surface area contributed by atoms with Crippen molar-refractivity contribution < 1.29 is 0 Å². The van der Waals surface area contributed by atoms with Crippen molar-refractivity contribution in [2.45, 2.75) is 38.8 Å². The first kappa shape index (κ1) is 12.3. The van der Waals surface area contributed by atoms with Crippen molar-refractivity contribution in [2.75, 3.05) is 0 Å². The molecule has 0 amide bonds. The molecule has 0 aromatic carbocycles. The molecule has 2 nitrogen and oxygen atoms in total. The molecule has 2 N–H and O–H groups in total. The van der Waals surface area contributed by atoms with Crippen LogP contribution in [0.25, 0.3) is 0 Å². The van der Waals surface area contributed by atoms with Gasteiger partial charge in [0.25, 0.3) is 0 Å². The van der Waals surface area contributed by atoms with Gasteiger partial charge in [-0.3, -0.25) is 0 Å². The Hall–Kier alpha value is -0.770. The Balaban J connectivity index is 1.97. The number of rotatable bonds is 2. The Morgan fingerprint density at radius 1 is 1.50 bits per heavy atom. The van der Waals surface area contributed by atoms with Crippen LogP contribution in [-0.2, 0) is 13.0 Å². The van der Waals surface area contributed by atoms with Gasteiger partial charge in [-0.1, -0.05) is 11.6 Å². The molecule has 1 aliphatic rings. The maximum atomic E-state index is 6.19. The zero-order chi connectivity index (χ0) is 12.7. The van der Waals surface area contributed by atoms with Gasteiger partial charge in [-0.15, -0.1) is 11.3 Å². The van der Waals surface area contributed by atoms with Crippen LogP contribution in [0.4, 0.5) is 0 Å². The molecule has 3 rings (SSSR count). The van der Waals surface area contributed by atoms with Gasteiger partial charge in [0.1, 0.15) is 0 Å². The summed E-state index contributed by atoms with van der Waals surface area (Å²) in [6.07, 6.45) is 3.46. The van der Waals surface area contributed by atoms with Crippen LogP contribution in [-0.4, -0.2) is 4.57 Å². The summed E-state index contributed by atoms with van der Waals surface area (Å²) in [4.78, 5) is 1.31. The van der Waals surface area contributed by atoms with E-state index in [1.54, 1.807) is 11.3 Å². The fourth-order valence-electron chi connectivity index (χ4n) is 2.81. The van der Waals surface area contributed by atoms with Gasteiger partial charge in [0.2, 0.25) is 0 Å². The van der Waals surface area contributed by atoms with Gasteiger partial charge in [0.05, 0.1) is 10.9 Å². The van der Waals surface area contributed by atoms with E-state index in [1.807, 2.05) is 6.07 Å². The lowest BCUT2D eigenvalue weighted by Gasteiger charge is -2.21. The molecule has 0 radical (unpaired) electrons. The van der Waals surface area contributed by atoms with E-state index < -0.39 is 0 Å². The highest BCUT2D eigenvalue weighted by atomic mass is 35.5. The lowest BCUT2D eigenvalue weighted by molar-refractivity contribution is 0.547. The molecule has 1 aliphatic carbocycles. The third-order valence-corrected chi connectivity index (χ3v) is 4.94. The standard InChI is InChI=1S/C14H17ClN2S/c1-9-7-11-12(16)3-2-4-13(11)17(9)8-10-5-6-14(15)18-10/h5-7,12H,2-4,8,16H2,1H3. The molecule has 0 bridgehead atoms. The summed E-state index contributed by atoms with van der Waals surface area (Å²) in [7, 11) is 0. The number of nitrogens with two attached hydrogens (primary N) is 1. The molecule has 18 heavy (non-hydrogen) atoms. The second-order valence-corrected chi connectivity index (χ2v) is 6.78. The van der Waals surface area contributed by atoms with Crippen molar-refractivity contribution in [3.8, 4) is 0 Å². The number of hydrogen-bond donors (Lipinski definition) is 1. The smallest absolute Gasteiger partial charge is 0.0931 e. The quantitative estimate of drug-likeness (QED) is 0.889. The Morgan fingerprint density at radius 3 is 3.06 bits per heavy atom. The van der Waals surface area contributed by atoms with Gasteiger partial charge < -0.3 is 10.3 Å². The number of fused-ring (bicyclic) bond motifs is 1. The molecule has 2 aromatic rings. The minimum absolute atomic E-state index is 0.223. The predicted octanol–water partition coefficient (Wildman–Crippen LogP) is 3.90. The average molecular weight is 281 g/mol. The van der Waals surface area contributed by atoms with Crippen molar-refractivity contribution >= 4 is 22.9 Å². The zero-order valence-corrected chi connectivity index (χ0v) is 12.0. The molecular weight excluding hydrogens is 264 g/mol. The summed E-state index contributed by atoms with van der Waals surface area (Å²) in [5.74, 6) is 0. The van der Waals surface area contributed by atoms with E-state index in [0.717, 1.165) is 23.7 Å². The Labute approximate surface area is 116 Å². The molecule has 0 spiro atoms. The normalized spacial score (nSPS) is 18.9. The monoisotopic (exact) mass is 280 g/mol. The summed E-state index contributed by atoms with van der Waals surface area (Å²) in [5, 5.41) is 0. The largest absolute Gasteiger partial charge is 0.343 e. The first-order valence-corrected chi connectivity index (χ1v) is 7.53. The third kappa shape index (κ3) is 2.11. The van der Waals surface area contributed by atoms with Crippen LogP contribution < -0.4 is 5.73 Å². The molecule has 2 heterocycles. The molecule has 0 saturated carbocycles. The van der Waals surface area contributed by atoms with Gasteiger partial charge in [-0.25, -0.2) is 0 Å². The van der Waals surface area contributed by atoms with Crippen molar-refractivity contribution in [3.63, 3.8) is 0 Å². The van der Waals surface area contributed by atoms with Crippen LogP contribution in [0, 0.1) is 6.92 Å². The highest BCUT2D eigenvalue weighted by Crippen LogP contribution is 2.32. The lowest BCUT2D eigenvalue weighted by atomic mass is 9.93. The summed E-state index contributed by atoms with van der Waals surface area (Å²) in [6, 6.07) is 6.56. The summed E-state index contributed by atoms with van der Waals surface area (Å²) in [6.45, 7) is 3.09. The minimum atomic E-state index is 0.223. The van der Waals surface area contributed by atoms with Gasteiger partial charge in [-0.05, 0) is 49.9 Å². The van der Waals surface area contributed by atoms with Crippen molar-refractivity contribution in [1.82, 2.24) is 4.57 Å². The maximum Gasteiger partial charge on any atom is 0.0931 e. The predicted molar refractivity (Wildman–Crippen MR) is 77.5 cm³/mol. The SMILES string of the molecule is Cc1cc2c(n1Cc1ccc(Cl)s1)CCCC2N.